The first-order valence-electron chi connectivity index (χ1n) is 11.8. The van der Waals surface area contributed by atoms with Gasteiger partial charge in [-0.3, -0.25) is 19.2 Å². The quantitative estimate of drug-likeness (QED) is 0.495. The standard InChI is InChI=1S/C26H23F6N3O3/c27-25(28,29)24(37,26(30,31)32)19-1-3-20(4-2-19)35-10-6-17(13-22(35)36)16-34-11-7-23(8-12-34)14-18-5-9-33-15-21(18)38-23/h1-6,9-10,13,15,37H,7-8,11-12,14,16H2. The highest BCUT2D eigenvalue weighted by Gasteiger charge is 2.71. The Morgan fingerprint density at radius 1 is 0.974 bits per heavy atom. The first-order chi connectivity index (χ1) is 17.8. The molecule has 12 heteroatoms. The van der Waals surface area contributed by atoms with Gasteiger partial charge in [-0.05, 0) is 29.8 Å². The molecule has 0 aliphatic carbocycles. The predicted octanol–water partition coefficient (Wildman–Crippen LogP) is 4.51. The van der Waals surface area contributed by atoms with Gasteiger partial charge >= 0.3 is 12.4 Å². The molecule has 0 amide bonds. The number of piperidine rings is 1. The first kappa shape index (κ1) is 26.2. The van der Waals surface area contributed by atoms with Crippen LogP contribution in [-0.4, -0.2) is 50.6 Å². The van der Waals surface area contributed by atoms with E-state index in [1.165, 1.54) is 12.3 Å². The molecule has 5 rings (SSSR count). The highest BCUT2D eigenvalue weighted by molar-refractivity contribution is 5.39. The minimum atomic E-state index is -5.98. The van der Waals surface area contributed by atoms with Crippen LogP contribution in [0.15, 0.2) is 65.8 Å². The molecule has 0 unspecified atom stereocenters. The van der Waals surface area contributed by atoms with E-state index in [1.807, 2.05) is 6.07 Å². The molecule has 0 bridgehead atoms. The molecule has 1 aromatic carbocycles. The van der Waals surface area contributed by atoms with Crippen molar-refractivity contribution in [1.29, 1.82) is 0 Å². The number of fused-ring (bicyclic) bond motifs is 1. The molecule has 0 radical (unpaired) electrons. The number of aromatic nitrogens is 2. The molecule has 2 aliphatic rings. The number of hydrogen-bond acceptors (Lipinski definition) is 5. The number of halogens is 6. The fourth-order valence-corrected chi connectivity index (χ4v) is 5.10. The van der Waals surface area contributed by atoms with Crippen LogP contribution in [0.25, 0.3) is 5.69 Å². The minimum Gasteiger partial charge on any atom is -0.485 e. The molecule has 38 heavy (non-hydrogen) atoms. The molecule has 1 fully saturated rings. The Hall–Kier alpha value is -3.38. The Labute approximate surface area is 213 Å². The van der Waals surface area contributed by atoms with Crippen molar-refractivity contribution in [1.82, 2.24) is 14.5 Å². The molecule has 202 valence electrons. The van der Waals surface area contributed by atoms with Gasteiger partial charge in [-0.15, -0.1) is 0 Å². The fourth-order valence-electron chi connectivity index (χ4n) is 5.10. The Kier molecular flexibility index (Phi) is 6.30. The van der Waals surface area contributed by atoms with E-state index in [0.29, 0.717) is 18.7 Å². The summed E-state index contributed by atoms with van der Waals surface area (Å²) in [6.45, 7) is 2.02. The van der Waals surface area contributed by atoms with E-state index in [0.717, 1.165) is 65.9 Å². The van der Waals surface area contributed by atoms with Crippen molar-refractivity contribution in [2.24, 2.45) is 0 Å². The Morgan fingerprint density at radius 2 is 1.63 bits per heavy atom. The summed E-state index contributed by atoms with van der Waals surface area (Å²) in [7, 11) is 0. The van der Waals surface area contributed by atoms with Crippen LogP contribution in [0.5, 0.6) is 5.75 Å². The lowest BCUT2D eigenvalue weighted by molar-refractivity contribution is -0.376. The number of hydrogen-bond donors (Lipinski definition) is 1. The van der Waals surface area contributed by atoms with Crippen LogP contribution in [0.4, 0.5) is 26.3 Å². The first-order valence-corrected chi connectivity index (χ1v) is 11.8. The zero-order valence-corrected chi connectivity index (χ0v) is 19.9. The fraction of sp³-hybridized carbons (Fsp3) is 0.385. The van der Waals surface area contributed by atoms with Gasteiger partial charge in [0.15, 0.2) is 0 Å². The van der Waals surface area contributed by atoms with E-state index in [9.17, 15) is 36.2 Å². The van der Waals surface area contributed by atoms with E-state index in [1.54, 1.807) is 18.5 Å². The molecular formula is C26H23F6N3O3. The zero-order valence-electron chi connectivity index (χ0n) is 19.9. The van der Waals surface area contributed by atoms with Crippen molar-refractivity contribution in [3.63, 3.8) is 0 Å². The molecule has 2 aromatic heterocycles. The van der Waals surface area contributed by atoms with E-state index in [2.05, 4.69) is 9.88 Å². The van der Waals surface area contributed by atoms with Gasteiger partial charge in [-0.1, -0.05) is 12.1 Å². The van der Waals surface area contributed by atoms with E-state index >= 15 is 0 Å². The summed E-state index contributed by atoms with van der Waals surface area (Å²) in [6.07, 6.45) is -4.61. The summed E-state index contributed by atoms with van der Waals surface area (Å²) in [5.74, 6) is 0.819. The molecule has 1 saturated heterocycles. The number of aliphatic hydroxyl groups is 1. The summed E-state index contributed by atoms with van der Waals surface area (Å²) < 4.78 is 86.0. The average Bonchev–Trinajstić information content (AvgIpc) is 3.22. The summed E-state index contributed by atoms with van der Waals surface area (Å²) in [5, 5.41) is 9.54. The highest BCUT2D eigenvalue weighted by atomic mass is 19.4. The van der Waals surface area contributed by atoms with Gasteiger partial charge in [0.25, 0.3) is 11.2 Å². The number of benzene rings is 1. The number of likely N-dealkylation sites (tertiary alicyclic amines) is 1. The van der Waals surface area contributed by atoms with Crippen molar-refractivity contribution >= 4 is 0 Å². The van der Waals surface area contributed by atoms with Crippen molar-refractivity contribution in [3.05, 3.63) is 88.1 Å². The van der Waals surface area contributed by atoms with Gasteiger partial charge in [0.1, 0.15) is 11.4 Å². The summed E-state index contributed by atoms with van der Waals surface area (Å²) in [5.41, 5.74) is -5.23. The van der Waals surface area contributed by atoms with Gasteiger partial charge < -0.3 is 9.84 Å². The van der Waals surface area contributed by atoms with E-state index in [4.69, 9.17) is 4.74 Å². The second-order valence-corrected chi connectivity index (χ2v) is 9.72. The van der Waals surface area contributed by atoms with Crippen molar-refractivity contribution in [2.45, 2.75) is 49.4 Å². The van der Waals surface area contributed by atoms with Crippen LogP contribution in [0, 0.1) is 0 Å². The largest absolute Gasteiger partial charge is 0.485 e. The van der Waals surface area contributed by atoms with E-state index < -0.39 is 29.1 Å². The number of alkyl halides is 6. The maximum atomic E-state index is 13.1. The average molecular weight is 539 g/mol. The number of pyridine rings is 2. The lowest BCUT2D eigenvalue weighted by atomic mass is 9.87. The van der Waals surface area contributed by atoms with Crippen LogP contribution in [0.1, 0.15) is 29.5 Å². The maximum absolute atomic E-state index is 13.1. The highest BCUT2D eigenvalue weighted by Crippen LogP contribution is 2.50. The van der Waals surface area contributed by atoms with Crippen LogP contribution >= 0.6 is 0 Å². The molecule has 1 spiro atoms. The number of ether oxygens (including phenoxy) is 1. The van der Waals surface area contributed by atoms with E-state index in [-0.39, 0.29) is 11.3 Å². The second-order valence-electron chi connectivity index (χ2n) is 9.72. The lowest BCUT2D eigenvalue weighted by Crippen LogP contribution is -2.53. The van der Waals surface area contributed by atoms with Crippen LogP contribution in [-0.2, 0) is 18.6 Å². The third-order valence-electron chi connectivity index (χ3n) is 7.25. The Balaban J connectivity index is 1.26. The predicted molar refractivity (Wildman–Crippen MR) is 124 cm³/mol. The molecule has 0 saturated carbocycles. The minimum absolute atomic E-state index is 0.0596. The normalized spacial score (nSPS) is 17.9. The van der Waals surface area contributed by atoms with Crippen molar-refractivity contribution < 1.29 is 36.2 Å². The second kappa shape index (κ2) is 9.12. The summed E-state index contributed by atoms with van der Waals surface area (Å²) in [6, 6.07) is 7.91. The monoisotopic (exact) mass is 539 g/mol. The van der Waals surface area contributed by atoms with Crippen molar-refractivity contribution in [3.8, 4) is 11.4 Å². The smallest absolute Gasteiger partial charge is 0.430 e. The topological polar surface area (TPSA) is 67.6 Å². The van der Waals surface area contributed by atoms with Gasteiger partial charge in [0.2, 0.25) is 0 Å². The lowest BCUT2D eigenvalue weighted by Gasteiger charge is -2.38. The molecule has 3 aromatic rings. The van der Waals surface area contributed by atoms with Crippen LogP contribution in [0.3, 0.4) is 0 Å². The van der Waals surface area contributed by atoms with Crippen LogP contribution < -0.4 is 10.3 Å². The van der Waals surface area contributed by atoms with Gasteiger partial charge in [0, 0.05) is 74.2 Å². The van der Waals surface area contributed by atoms with Gasteiger partial charge in [0.05, 0.1) is 6.20 Å². The van der Waals surface area contributed by atoms with Gasteiger partial charge in [-0.25, -0.2) is 0 Å². The molecular weight excluding hydrogens is 516 g/mol. The summed E-state index contributed by atoms with van der Waals surface area (Å²) >= 11 is 0. The molecule has 4 heterocycles. The molecule has 6 nitrogen and oxygen atoms in total. The Morgan fingerprint density at radius 3 is 2.21 bits per heavy atom. The maximum Gasteiger partial charge on any atom is 0.430 e. The third kappa shape index (κ3) is 4.55. The third-order valence-corrected chi connectivity index (χ3v) is 7.25. The number of rotatable bonds is 4. The molecule has 2 aliphatic heterocycles. The zero-order chi connectivity index (χ0) is 27.3. The SMILES string of the molecule is O=c1cc(CN2CCC3(CC2)Cc2ccncc2O3)ccn1-c1ccc(C(O)(C(F)(F)F)C(F)(F)F)cc1. The van der Waals surface area contributed by atoms with Crippen molar-refractivity contribution in [2.75, 3.05) is 13.1 Å². The van der Waals surface area contributed by atoms with Crippen LogP contribution in [0.2, 0.25) is 0 Å². The molecule has 0 atom stereocenters. The van der Waals surface area contributed by atoms with Gasteiger partial charge in [-0.2, -0.15) is 26.3 Å². The Bertz CT molecular complexity index is 1340. The number of nitrogens with zero attached hydrogens (tertiary/aromatic N) is 3. The summed E-state index contributed by atoms with van der Waals surface area (Å²) in [4.78, 5) is 19.0. The molecule has 1 N–H and O–H groups in total.